The fourth-order valence-electron chi connectivity index (χ4n) is 0.879. The molecule has 0 aromatic carbocycles. The average molecular weight is 288 g/mol. The van der Waals surface area contributed by atoms with Crippen molar-refractivity contribution in [2.45, 2.75) is 34.1 Å². The van der Waals surface area contributed by atoms with Crippen LogP contribution in [-0.2, 0) is 9.59 Å². The zero-order valence-electron chi connectivity index (χ0n) is 10.4. The molecule has 5 heteroatoms. The standard InChI is InChI=1S/C12H16O2S3/c1-5-8(13)6-10-15-11(17-16-10)7-9(14)12(2,3)4/h6-7H,5H2,1-4H3. The third kappa shape index (κ3) is 4.94. The highest BCUT2D eigenvalue weighted by molar-refractivity contribution is 8.86. The van der Waals surface area contributed by atoms with Gasteiger partial charge in [0.15, 0.2) is 11.6 Å². The van der Waals surface area contributed by atoms with Gasteiger partial charge in [-0.15, -0.1) is 0 Å². The summed E-state index contributed by atoms with van der Waals surface area (Å²) in [5.41, 5.74) is -0.343. The highest BCUT2D eigenvalue weighted by Crippen LogP contribution is 2.56. The van der Waals surface area contributed by atoms with Crippen LogP contribution >= 0.6 is 33.3 Å². The molecule has 1 aliphatic heterocycles. The van der Waals surface area contributed by atoms with Crippen LogP contribution < -0.4 is 0 Å². The number of ketones is 2. The van der Waals surface area contributed by atoms with Crippen molar-refractivity contribution < 1.29 is 9.59 Å². The number of carbonyl (C=O) groups is 2. The number of carbonyl (C=O) groups excluding carboxylic acids is 2. The summed E-state index contributed by atoms with van der Waals surface area (Å²) < 4.78 is 1.93. The van der Waals surface area contributed by atoms with Crippen molar-refractivity contribution in [3.05, 3.63) is 20.6 Å². The maximum absolute atomic E-state index is 11.8. The predicted molar refractivity (Wildman–Crippen MR) is 78.7 cm³/mol. The second-order valence-corrected chi connectivity index (χ2v) is 8.44. The SMILES string of the molecule is CCC(=O)C=C1SSC(=CC(=O)C(C)(C)C)S1. The van der Waals surface area contributed by atoms with Crippen molar-refractivity contribution in [1.29, 1.82) is 0 Å². The second kappa shape index (κ2) is 6.16. The van der Waals surface area contributed by atoms with Crippen molar-refractivity contribution in [2.75, 3.05) is 0 Å². The average Bonchev–Trinajstić information content (AvgIpc) is 2.64. The zero-order valence-corrected chi connectivity index (χ0v) is 12.9. The van der Waals surface area contributed by atoms with Crippen LogP contribution in [0, 0.1) is 5.41 Å². The molecule has 1 heterocycles. The Bertz CT molecular complexity index is 389. The summed E-state index contributed by atoms with van der Waals surface area (Å²) in [6, 6.07) is 0. The lowest BCUT2D eigenvalue weighted by Crippen LogP contribution is -2.17. The molecule has 0 amide bonds. The minimum Gasteiger partial charge on any atom is -0.295 e. The number of hydrogen-bond acceptors (Lipinski definition) is 5. The molecule has 0 aromatic rings. The molecule has 0 unspecified atom stereocenters. The van der Waals surface area contributed by atoms with E-state index in [0.717, 1.165) is 8.47 Å². The Kier molecular flexibility index (Phi) is 5.41. The van der Waals surface area contributed by atoms with Gasteiger partial charge in [-0.05, 0) is 21.6 Å². The Morgan fingerprint density at radius 3 is 2.12 bits per heavy atom. The number of rotatable bonds is 3. The number of hydrogen-bond donors (Lipinski definition) is 0. The number of thioether (sulfide) groups is 1. The van der Waals surface area contributed by atoms with Gasteiger partial charge in [-0.2, -0.15) is 0 Å². The van der Waals surface area contributed by atoms with Gasteiger partial charge in [0.1, 0.15) is 0 Å². The van der Waals surface area contributed by atoms with Crippen molar-refractivity contribution in [3.63, 3.8) is 0 Å². The zero-order chi connectivity index (χ0) is 13.1. The van der Waals surface area contributed by atoms with Gasteiger partial charge in [-0.25, -0.2) is 0 Å². The molecule has 1 fully saturated rings. The van der Waals surface area contributed by atoms with E-state index < -0.39 is 0 Å². The van der Waals surface area contributed by atoms with E-state index in [1.165, 1.54) is 11.8 Å². The lowest BCUT2D eigenvalue weighted by molar-refractivity contribution is -0.121. The fourth-order valence-corrected chi connectivity index (χ4v) is 4.91. The quantitative estimate of drug-likeness (QED) is 0.568. The molecule has 0 aromatic heterocycles. The van der Waals surface area contributed by atoms with Crippen molar-refractivity contribution in [2.24, 2.45) is 5.41 Å². The monoisotopic (exact) mass is 288 g/mol. The summed E-state index contributed by atoms with van der Waals surface area (Å²) >= 11 is 1.51. The van der Waals surface area contributed by atoms with E-state index in [1.54, 1.807) is 33.7 Å². The molecule has 0 saturated carbocycles. The molecule has 2 nitrogen and oxygen atoms in total. The Morgan fingerprint density at radius 1 is 1.12 bits per heavy atom. The van der Waals surface area contributed by atoms with E-state index in [-0.39, 0.29) is 17.0 Å². The summed E-state index contributed by atoms with van der Waals surface area (Å²) in [7, 11) is 3.09. The van der Waals surface area contributed by atoms with Gasteiger partial charge in [0, 0.05) is 24.0 Å². The highest BCUT2D eigenvalue weighted by Gasteiger charge is 2.23. The molecule has 1 saturated heterocycles. The van der Waals surface area contributed by atoms with Gasteiger partial charge in [-0.1, -0.05) is 39.5 Å². The fraction of sp³-hybridized carbons (Fsp3) is 0.500. The molecular formula is C12H16O2S3. The van der Waals surface area contributed by atoms with E-state index in [1.807, 2.05) is 27.7 Å². The first-order valence-corrected chi connectivity index (χ1v) is 8.32. The minimum absolute atomic E-state index is 0.121. The molecule has 1 aliphatic rings. The Morgan fingerprint density at radius 2 is 1.65 bits per heavy atom. The van der Waals surface area contributed by atoms with Crippen molar-refractivity contribution >= 4 is 44.9 Å². The normalized spacial score (nSPS) is 21.2. The molecule has 0 radical (unpaired) electrons. The molecule has 94 valence electrons. The molecule has 0 spiro atoms. The Labute approximate surface area is 114 Å². The Hall–Kier alpha value is -0.130. The van der Waals surface area contributed by atoms with Crippen LogP contribution in [0.1, 0.15) is 34.1 Å². The molecule has 1 rings (SSSR count). The van der Waals surface area contributed by atoms with E-state index in [9.17, 15) is 9.59 Å². The number of allylic oxidation sites excluding steroid dienone is 2. The first-order valence-electron chi connectivity index (χ1n) is 5.36. The molecular weight excluding hydrogens is 272 g/mol. The molecule has 0 bridgehead atoms. The maximum Gasteiger partial charge on any atom is 0.162 e. The van der Waals surface area contributed by atoms with E-state index >= 15 is 0 Å². The van der Waals surface area contributed by atoms with Gasteiger partial charge in [0.2, 0.25) is 0 Å². The maximum atomic E-state index is 11.8. The van der Waals surface area contributed by atoms with Gasteiger partial charge in [-0.3, -0.25) is 9.59 Å². The van der Waals surface area contributed by atoms with Crippen molar-refractivity contribution in [3.8, 4) is 0 Å². The minimum atomic E-state index is -0.343. The Balaban J connectivity index is 2.68. The van der Waals surface area contributed by atoms with E-state index in [4.69, 9.17) is 0 Å². The summed E-state index contributed by atoms with van der Waals surface area (Å²) in [6.07, 6.45) is 3.86. The lowest BCUT2D eigenvalue weighted by Gasteiger charge is -2.13. The summed E-state index contributed by atoms with van der Waals surface area (Å²) in [5.74, 6) is 0.250. The molecule has 0 atom stereocenters. The topological polar surface area (TPSA) is 34.1 Å². The van der Waals surface area contributed by atoms with Crippen LogP contribution in [0.25, 0.3) is 0 Å². The predicted octanol–water partition coefficient (Wildman–Crippen LogP) is 4.39. The molecule has 0 N–H and O–H groups in total. The van der Waals surface area contributed by atoms with E-state index in [0.29, 0.717) is 6.42 Å². The van der Waals surface area contributed by atoms with Gasteiger partial charge in [0.05, 0.1) is 8.47 Å². The van der Waals surface area contributed by atoms with Crippen LogP contribution in [0.15, 0.2) is 20.6 Å². The van der Waals surface area contributed by atoms with Gasteiger partial charge >= 0.3 is 0 Å². The highest BCUT2D eigenvalue weighted by atomic mass is 33.1. The first-order chi connectivity index (χ1) is 7.82. The lowest BCUT2D eigenvalue weighted by atomic mass is 9.91. The van der Waals surface area contributed by atoms with Crippen LogP contribution in [0.5, 0.6) is 0 Å². The smallest absolute Gasteiger partial charge is 0.162 e. The third-order valence-electron chi connectivity index (χ3n) is 2.02. The van der Waals surface area contributed by atoms with Crippen LogP contribution in [0.4, 0.5) is 0 Å². The van der Waals surface area contributed by atoms with E-state index in [2.05, 4.69) is 0 Å². The summed E-state index contributed by atoms with van der Waals surface area (Å²) in [6.45, 7) is 7.56. The van der Waals surface area contributed by atoms with Crippen LogP contribution in [0.3, 0.4) is 0 Å². The van der Waals surface area contributed by atoms with Crippen molar-refractivity contribution in [1.82, 2.24) is 0 Å². The second-order valence-electron chi connectivity index (χ2n) is 4.63. The van der Waals surface area contributed by atoms with Crippen LogP contribution in [0.2, 0.25) is 0 Å². The summed E-state index contributed by atoms with van der Waals surface area (Å²) in [5, 5.41) is 0. The third-order valence-corrected chi connectivity index (χ3v) is 6.27. The largest absolute Gasteiger partial charge is 0.295 e. The molecule has 0 aliphatic carbocycles. The van der Waals surface area contributed by atoms with Gasteiger partial charge < -0.3 is 0 Å². The van der Waals surface area contributed by atoms with Crippen LogP contribution in [-0.4, -0.2) is 11.6 Å². The summed E-state index contributed by atoms with van der Waals surface area (Å²) in [4.78, 5) is 23.1. The first kappa shape index (κ1) is 14.9. The van der Waals surface area contributed by atoms with Gasteiger partial charge in [0.25, 0.3) is 0 Å². The molecule has 17 heavy (non-hydrogen) atoms.